The van der Waals surface area contributed by atoms with Gasteiger partial charge in [-0.05, 0) is 38.5 Å². The van der Waals surface area contributed by atoms with Gasteiger partial charge >= 0.3 is 0 Å². The van der Waals surface area contributed by atoms with E-state index in [1.54, 1.807) is 6.20 Å². The van der Waals surface area contributed by atoms with Crippen molar-refractivity contribution >= 4 is 5.91 Å². The number of nitrogens with one attached hydrogen (secondary N) is 1. The van der Waals surface area contributed by atoms with Crippen molar-refractivity contribution in [1.82, 2.24) is 14.9 Å². The van der Waals surface area contributed by atoms with Gasteiger partial charge in [-0.2, -0.15) is 0 Å². The van der Waals surface area contributed by atoms with Crippen LogP contribution in [0.2, 0.25) is 0 Å². The molecule has 2 aromatic rings. The molecule has 0 radical (unpaired) electrons. The van der Waals surface area contributed by atoms with Gasteiger partial charge in [0.25, 0.3) is 0 Å². The first kappa shape index (κ1) is 16.1. The number of carbonyl (C=O) groups is 1. The summed E-state index contributed by atoms with van der Waals surface area (Å²) in [5.41, 5.74) is 0.736. The van der Waals surface area contributed by atoms with Crippen LogP contribution in [0.4, 0.5) is 0 Å². The Morgan fingerprint density at radius 1 is 1.27 bits per heavy atom. The van der Waals surface area contributed by atoms with Crippen LogP contribution in [0.1, 0.15) is 32.2 Å². The maximum atomic E-state index is 12.0. The molecular weight excluding hydrogens is 278 g/mol. The summed E-state index contributed by atoms with van der Waals surface area (Å²) in [7, 11) is 1.91. The molecular formula is C17H23N3O2. The second kappa shape index (κ2) is 6.64. The first-order chi connectivity index (χ1) is 10.3. The number of aromatic nitrogens is 2. The maximum absolute atomic E-state index is 12.0. The van der Waals surface area contributed by atoms with E-state index in [0.717, 1.165) is 17.1 Å². The molecule has 0 aliphatic carbocycles. The topological polar surface area (TPSA) is 56.2 Å². The molecule has 0 aliphatic heterocycles. The van der Waals surface area contributed by atoms with Crippen LogP contribution in [-0.4, -0.2) is 21.1 Å². The maximum Gasteiger partial charge on any atom is 0.224 e. The second-order valence-corrected chi connectivity index (χ2v) is 6.27. The van der Waals surface area contributed by atoms with Crippen LogP contribution < -0.4 is 10.1 Å². The van der Waals surface area contributed by atoms with Crippen LogP contribution >= 0.6 is 0 Å². The molecule has 0 saturated heterocycles. The summed E-state index contributed by atoms with van der Waals surface area (Å²) in [5, 5.41) is 2.87. The smallest absolute Gasteiger partial charge is 0.224 e. The molecule has 0 atom stereocenters. The molecule has 2 rings (SSSR count). The summed E-state index contributed by atoms with van der Waals surface area (Å²) >= 11 is 0. The summed E-state index contributed by atoms with van der Waals surface area (Å²) in [4.78, 5) is 16.1. The molecule has 5 nitrogen and oxygen atoms in total. The second-order valence-electron chi connectivity index (χ2n) is 6.27. The van der Waals surface area contributed by atoms with Gasteiger partial charge in [-0.3, -0.25) is 4.79 Å². The molecule has 1 heterocycles. The molecule has 0 spiro atoms. The average molecular weight is 301 g/mol. The Labute approximate surface area is 131 Å². The number of amides is 1. The van der Waals surface area contributed by atoms with E-state index in [1.807, 2.05) is 62.8 Å². The van der Waals surface area contributed by atoms with E-state index in [0.29, 0.717) is 13.0 Å². The number of rotatable bonds is 5. The van der Waals surface area contributed by atoms with Crippen molar-refractivity contribution in [3.8, 4) is 5.75 Å². The van der Waals surface area contributed by atoms with Crippen LogP contribution in [0.15, 0.2) is 36.7 Å². The zero-order valence-corrected chi connectivity index (χ0v) is 13.6. The number of imidazole rings is 1. The van der Waals surface area contributed by atoms with Crippen molar-refractivity contribution in [2.45, 2.75) is 39.3 Å². The fourth-order valence-electron chi connectivity index (χ4n) is 2.02. The summed E-state index contributed by atoms with van der Waals surface area (Å²) in [6.45, 7) is 6.46. The van der Waals surface area contributed by atoms with Gasteiger partial charge in [0.2, 0.25) is 5.91 Å². The number of carbonyl (C=O) groups excluding carboxylic acids is 1. The molecule has 0 fully saturated rings. The number of hydrogen-bond acceptors (Lipinski definition) is 3. The SMILES string of the molecule is Cn1ccnc1CNC(=O)Cc1ccc(OC(C)(C)C)cc1. The molecule has 5 heteroatoms. The van der Waals surface area contributed by atoms with Crippen LogP contribution in [-0.2, 0) is 24.8 Å². The predicted molar refractivity (Wildman–Crippen MR) is 85.6 cm³/mol. The van der Waals surface area contributed by atoms with E-state index >= 15 is 0 Å². The predicted octanol–water partition coefficient (Wildman–Crippen LogP) is 2.46. The van der Waals surface area contributed by atoms with Gasteiger partial charge < -0.3 is 14.6 Å². The van der Waals surface area contributed by atoms with E-state index < -0.39 is 0 Å². The van der Waals surface area contributed by atoms with Crippen LogP contribution in [0.25, 0.3) is 0 Å². The van der Waals surface area contributed by atoms with E-state index in [2.05, 4.69) is 10.3 Å². The number of aryl methyl sites for hydroxylation is 1. The molecule has 1 amide bonds. The molecule has 1 aromatic carbocycles. The number of nitrogens with zero attached hydrogens (tertiary/aromatic N) is 2. The van der Waals surface area contributed by atoms with Gasteiger partial charge in [0.05, 0.1) is 13.0 Å². The highest BCUT2D eigenvalue weighted by atomic mass is 16.5. The number of hydrogen-bond donors (Lipinski definition) is 1. The molecule has 22 heavy (non-hydrogen) atoms. The first-order valence-electron chi connectivity index (χ1n) is 7.34. The quantitative estimate of drug-likeness (QED) is 0.923. The largest absolute Gasteiger partial charge is 0.488 e. The Hall–Kier alpha value is -2.30. The van der Waals surface area contributed by atoms with Crippen molar-refractivity contribution in [2.24, 2.45) is 7.05 Å². The lowest BCUT2D eigenvalue weighted by molar-refractivity contribution is -0.120. The zero-order chi connectivity index (χ0) is 16.2. The Bertz CT molecular complexity index is 624. The molecule has 118 valence electrons. The summed E-state index contributed by atoms with van der Waals surface area (Å²) in [6.07, 6.45) is 3.92. The zero-order valence-electron chi connectivity index (χ0n) is 13.6. The Balaban J connectivity index is 1.85. The van der Waals surface area contributed by atoms with Crippen LogP contribution in [0.5, 0.6) is 5.75 Å². The van der Waals surface area contributed by atoms with Gasteiger partial charge in [0.1, 0.15) is 17.2 Å². The van der Waals surface area contributed by atoms with Crippen molar-refractivity contribution in [3.05, 3.63) is 48.0 Å². The average Bonchev–Trinajstić information content (AvgIpc) is 2.83. The third-order valence-electron chi connectivity index (χ3n) is 3.08. The van der Waals surface area contributed by atoms with Gasteiger partial charge in [0.15, 0.2) is 0 Å². The van der Waals surface area contributed by atoms with E-state index in [1.165, 1.54) is 0 Å². The molecule has 0 unspecified atom stereocenters. The number of ether oxygens (including phenoxy) is 1. The highest BCUT2D eigenvalue weighted by molar-refractivity contribution is 5.78. The van der Waals surface area contributed by atoms with Crippen molar-refractivity contribution in [3.63, 3.8) is 0 Å². The van der Waals surface area contributed by atoms with Gasteiger partial charge in [-0.25, -0.2) is 4.98 Å². The van der Waals surface area contributed by atoms with Crippen molar-refractivity contribution in [1.29, 1.82) is 0 Å². The summed E-state index contributed by atoms with van der Waals surface area (Å²) < 4.78 is 7.65. The first-order valence-corrected chi connectivity index (χ1v) is 7.34. The van der Waals surface area contributed by atoms with Crippen LogP contribution in [0.3, 0.4) is 0 Å². The molecule has 0 bridgehead atoms. The molecule has 0 saturated carbocycles. The van der Waals surface area contributed by atoms with Crippen LogP contribution in [0, 0.1) is 0 Å². The standard InChI is InChI=1S/C17H23N3O2/c1-17(2,3)22-14-7-5-13(6-8-14)11-16(21)19-12-15-18-9-10-20(15)4/h5-10H,11-12H2,1-4H3,(H,19,21). The highest BCUT2D eigenvalue weighted by Gasteiger charge is 2.12. The summed E-state index contributed by atoms with van der Waals surface area (Å²) in [5.74, 6) is 1.62. The minimum absolute atomic E-state index is 0.0208. The number of benzene rings is 1. The van der Waals surface area contributed by atoms with Gasteiger partial charge in [-0.15, -0.1) is 0 Å². The minimum atomic E-state index is -0.221. The fourth-order valence-corrected chi connectivity index (χ4v) is 2.02. The third-order valence-corrected chi connectivity index (χ3v) is 3.08. The van der Waals surface area contributed by atoms with E-state index in [9.17, 15) is 4.79 Å². The van der Waals surface area contributed by atoms with E-state index in [-0.39, 0.29) is 11.5 Å². The van der Waals surface area contributed by atoms with Crippen molar-refractivity contribution < 1.29 is 9.53 Å². The lowest BCUT2D eigenvalue weighted by Gasteiger charge is -2.21. The highest BCUT2D eigenvalue weighted by Crippen LogP contribution is 2.18. The van der Waals surface area contributed by atoms with Gasteiger partial charge in [-0.1, -0.05) is 12.1 Å². The summed E-state index contributed by atoms with van der Waals surface area (Å²) in [6, 6.07) is 7.63. The normalized spacial score (nSPS) is 11.3. The monoisotopic (exact) mass is 301 g/mol. The minimum Gasteiger partial charge on any atom is -0.488 e. The third kappa shape index (κ3) is 4.91. The molecule has 1 N–H and O–H groups in total. The van der Waals surface area contributed by atoms with E-state index in [4.69, 9.17) is 4.74 Å². The van der Waals surface area contributed by atoms with Gasteiger partial charge in [0, 0.05) is 19.4 Å². The lowest BCUT2D eigenvalue weighted by Crippen LogP contribution is -2.26. The Kier molecular flexibility index (Phi) is 4.85. The molecule has 1 aromatic heterocycles. The fraction of sp³-hybridized carbons (Fsp3) is 0.412. The molecule has 0 aliphatic rings. The lowest BCUT2D eigenvalue weighted by atomic mass is 10.1. The Morgan fingerprint density at radius 3 is 2.50 bits per heavy atom. The Morgan fingerprint density at radius 2 is 1.95 bits per heavy atom. The van der Waals surface area contributed by atoms with Crippen molar-refractivity contribution in [2.75, 3.05) is 0 Å².